The maximum atomic E-state index is 12.5. The number of pyridine rings is 1. The summed E-state index contributed by atoms with van der Waals surface area (Å²) in [6.45, 7) is 9.04. The van der Waals surface area contributed by atoms with Gasteiger partial charge in [0, 0.05) is 50.3 Å². The van der Waals surface area contributed by atoms with E-state index in [1.165, 1.54) is 12.0 Å². The van der Waals surface area contributed by atoms with E-state index in [1.807, 2.05) is 36.4 Å². The van der Waals surface area contributed by atoms with E-state index < -0.39 is 0 Å². The predicted molar refractivity (Wildman–Crippen MR) is 140 cm³/mol. The van der Waals surface area contributed by atoms with Crippen molar-refractivity contribution in [3.63, 3.8) is 0 Å². The van der Waals surface area contributed by atoms with E-state index in [0.717, 1.165) is 29.5 Å². The number of benzene rings is 2. The van der Waals surface area contributed by atoms with Crippen LogP contribution in [0.3, 0.4) is 0 Å². The van der Waals surface area contributed by atoms with Crippen LogP contribution in [0.4, 0.5) is 5.69 Å². The lowest BCUT2D eigenvalue weighted by molar-refractivity contribution is 0.0259. The predicted octanol–water partition coefficient (Wildman–Crippen LogP) is 5.98. The number of rotatable bonds is 6. The van der Waals surface area contributed by atoms with Crippen molar-refractivity contribution in [1.82, 2.24) is 9.88 Å². The number of hydrogen-bond acceptors (Lipinski definition) is 6. The van der Waals surface area contributed by atoms with Crippen LogP contribution in [0.25, 0.3) is 38.4 Å². The Labute approximate surface area is 215 Å². The molecule has 0 saturated carbocycles. The third kappa shape index (κ3) is 4.86. The molecule has 8 nitrogen and oxygen atoms in total. The number of methoxy groups -OCH3 is 1. The molecule has 8 heteroatoms. The minimum atomic E-state index is -0.142. The van der Waals surface area contributed by atoms with Gasteiger partial charge in [0.15, 0.2) is 5.58 Å². The number of nitrogens with zero attached hydrogens (tertiary/aromatic N) is 3. The van der Waals surface area contributed by atoms with Gasteiger partial charge in [0.05, 0.1) is 32.5 Å². The van der Waals surface area contributed by atoms with Gasteiger partial charge in [0.2, 0.25) is 5.69 Å². The van der Waals surface area contributed by atoms with Crippen LogP contribution in [-0.4, -0.2) is 56.3 Å². The fourth-order valence-corrected chi connectivity index (χ4v) is 4.42. The van der Waals surface area contributed by atoms with Gasteiger partial charge < -0.3 is 23.5 Å². The van der Waals surface area contributed by atoms with Crippen molar-refractivity contribution in [1.29, 1.82) is 0 Å². The molecule has 1 aliphatic rings. The number of ether oxygens (including phenoxy) is 3. The number of carbonyl (C=O) groups is 1. The van der Waals surface area contributed by atoms with Crippen LogP contribution < -0.4 is 9.47 Å². The van der Waals surface area contributed by atoms with Crippen molar-refractivity contribution in [2.75, 3.05) is 34.4 Å². The largest absolute Gasteiger partial charge is 0.501 e. The third-order valence-corrected chi connectivity index (χ3v) is 6.39. The highest BCUT2D eigenvalue weighted by Gasteiger charge is 2.20. The van der Waals surface area contributed by atoms with Crippen LogP contribution in [-0.2, 0) is 4.74 Å². The molecular formula is C29H27N3O5. The van der Waals surface area contributed by atoms with E-state index in [0.29, 0.717) is 52.8 Å². The van der Waals surface area contributed by atoms with Crippen molar-refractivity contribution in [2.45, 2.75) is 18.9 Å². The van der Waals surface area contributed by atoms with E-state index >= 15 is 0 Å². The maximum Gasteiger partial charge on any atom is 0.257 e. The summed E-state index contributed by atoms with van der Waals surface area (Å²) in [5, 5.41) is 0. The summed E-state index contributed by atoms with van der Waals surface area (Å²) in [5.74, 6) is 1.50. The minimum absolute atomic E-state index is 0.0526. The van der Waals surface area contributed by atoms with E-state index in [4.69, 9.17) is 25.2 Å². The van der Waals surface area contributed by atoms with Crippen molar-refractivity contribution in [3.05, 3.63) is 71.7 Å². The van der Waals surface area contributed by atoms with Crippen molar-refractivity contribution in [2.24, 2.45) is 0 Å². The van der Waals surface area contributed by atoms with Gasteiger partial charge in [-0.1, -0.05) is 12.1 Å². The summed E-state index contributed by atoms with van der Waals surface area (Å²) in [5.41, 5.74) is 4.64. The standard InChI is InChI=1S/C29H27N3O5/c1-30-23-15-18(6-8-25(23)36-20-10-13-35-14-11-20)21-9-12-31-24-17-26(37-28(21)24)19-5-7-22(27(16-19)34-4)29(33)32(2)3/h5-9,12,15-17,20H,10-11,13-14H2,2-4H3. The Kier molecular flexibility index (Phi) is 6.80. The van der Waals surface area contributed by atoms with Crippen molar-refractivity contribution in [3.8, 4) is 33.9 Å². The van der Waals surface area contributed by atoms with Gasteiger partial charge >= 0.3 is 0 Å². The second kappa shape index (κ2) is 10.3. The molecule has 4 aromatic rings. The summed E-state index contributed by atoms with van der Waals surface area (Å²) in [7, 11) is 4.94. The summed E-state index contributed by atoms with van der Waals surface area (Å²) >= 11 is 0. The molecule has 2 aromatic heterocycles. The Morgan fingerprint density at radius 2 is 1.84 bits per heavy atom. The molecule has 3 heterocycles. The average molecular weight is 498 g/mol. The Morgan fingerprint density at radius 1 is 1.05 bits per heavy atom. The first kappa shape index (κ1) is 24.3. The molecule has 2 aromatic carbocycles. The molecule has 37 heavy (non-hydrogen) atoms. The van der Waals surface area contributed by atoms with E-state index in [-0.39, 0.29) is 12.0 Å². The normalized spacial score (nSPS) is 13.8. The van der Waals surface area contributed by atoms with Gasteiger partial charge in [-0.3, -0.25) is 9.78 Å². The molecule has 0 spiro atoms. The van der Waals surface area contributed by atoms with Gasteiger partial charge in [-0.25, -0.2) is 4.85 Å². The number of fused-ring (bicyclic) bond motifs is 1. The number of aromatic nitrogens is 1. The van der Waals surface area contributed by atoms with Gasteiger partial charge in [-0.2, -0.15) is 0 Å². The molecule has 0 radical (unpaired) electrons. The Morgan fingerprint density at radius 3 is 2.57 bits per heavy atom. The summed E-state index contributed by atoms with van der Waals surface area (Å²) in [6.07, 6.45) is 3.40. The average Bonchev–Trinajstić information content (AvgIpc) is 3.38. The molecule has 0 unspecified atom stereocenters. The summed E-state index contributed by atoms with van der Waals surface area (Å²) in [6, 6.07) is 14.7. The monoisotopic (exact) mass is 497 g/mol. The highest BCUT2D eigenvalue weighted by atomic mass is 16.5. The highest BCUT2D eigenvalue weighted by Crippen LogP contribution is 2.39. The summed E-state index contributed by atoms with van der Waals surface area (Å²) in [4.78, 5) is 22.2. The number of furan rings is 1. The Hall–Kier alpha value is -4.35. The second-order valence-electron chi connectivity index (χ2n) is 9.02. The minimum Gasteiger partial charge on any atom is -0.501 e. The smallest absolute Gasteiger partial charge is 0.257 e. The molecule has 5 rings (SSSR count). The van der Waals surface area contributed by atoms with E-state index in [1.54, 1.807) is 32.4 Å². The van der Waals surface area contributed by atoms with Gasteiger partial charge in [-0.05, 0) is 35.9 Å². The molecule has 0 bridgehead atoms. The first-order valence-electron chi connectivity index (χ1n) is 12.0. The molecule has 188 valence electrons. The molecule has 1 aliphatic heterocycles. The van der Waals surface area contributed by atoms with Crippen LogP contribution in [0, 0.1) is 6.57 Å². The Balaban J connectivity index is 1.50. The number of hydrogen-bond donors (Lipinski definition) is 0. The van der Waals surface area contributed by atoms with Crippen LogP contribution in [0.2, 0.25) is 0 Å². The highest BCUT2D eigenvalue weighted by molar-refractivity contribution is 5.98. The first-order chi connectivity index (χ1) is 18.0. The summed E-state index contributed by atoms with van der Waals surface area (Å²) < 4.78 is 23.3. The lowest BCUT2D eigenvalue weighted by Crippen LogP contribution is -2.25. The Bertz CT molecular complexity index is 1500. The fraction of sp³-hybridized carbons (Fsp3) is 0.276. The SMILES string of the molecule is [C-]#[N+]c1cc(-c2ccnc3cc(-c4ccc(C(=O)N(C)C)c(OC)c4)oc23)ccc1OC1CCOCC1. The van der Waals surface area contributed by atoms with Crippen LogP contribution in [0.1, 0.15) is 23.2 Å². The van der Waals surface area contributed by atoms with Crippen molar-refractivity contribution < 1.29 is 23.4 Å². The van der Waals surface area contributed by atoms with Crippen molar-refractivity contribution >= 4 is 22.7 Å². The lowest BCUT2D eigenvalue weighted by atomic mass is 10.0. The molecular weight excluding hydrogens is 470 g/mol. The molecule has 1 amide bonds. The zero-order valence-corrected chi connectivity index (χ0v) is 21.0. The number of amides is 1. The van der Waals surface area contributed by atoms with Crippen LogP contribution in [0.5, 0.6) is 11.5 Å². The van der Waals surface area contributed by atoms with E-state index in [2.05, 4.69) is 9.83 Å². The molecule has 0 N–H and O–H groups in total. The second-order valence-corrected chi connectivity index (χ2v) is 9.02. The molecule has 1 saturated heterocycles. The molecule has 0 atom stereocenters. The zero-order valence-electron chi connectivity index (χ0n) is 21.0. The zero-order chi connectivity index (χ0) is 25.9. The third-order valence-electron chi connectivity index (χ3n) is 6.39. The van der Waals surface area contributed by atoms with Gasteiger partial charge in [0.25, 0.3) is 5.91 Å². The van der Waals surface area contributed by atoms with Crippen LogP contribution >= 0.6 is 0 Å². The molecule has 1 fully saturated rings. The maximum absolute atomic E-state index is 12.5. The van der Waals surface area contributed by atoms with Crippen LogP contribution in [0.15, 0.2) is 59.1 Å². The number of carbonyl (C=O) groups excluding carboxylic acids is 1. The lowest BCUT2D eigenvalue weighted by Gasteiger charge is -2.24. The quantitative estimate of drug-likeness (QED) is 0.305. The topological polar surface area (TPSA) is 78.4 Å². The van der Waals surface area contributed by atoms with Gasteiger partial charge in [-0.15, -0.1) is 0 Å². The van der Waals surface area contributed by atoms with Gasteiger partial charge in [0.1, 0.15) is 28.9 Å². The first-order valence-corrected chi connectivity index (χ1v) is 12.0. The van der Waals surface area contributed by atoms with E-state index in [9.17, 15) is 4.79 Å². The fourth-order valence-electron chi connectivity index (χ4n) is 4.42. The molecule has 0 aliphatic carbocycles.